The minimum absolute atomic E-state index is 0.00921. The van der Waals surface area contributed by atoms with Crippen molar-refractivity contribution < 1.29 is 37.0 Å². The number of rotatable bonds is 7. The number of nitrogens with one attached hydrogen (secondary N) is 1. The Hall–Kier alpha value is -3.86. The molecule has 0 saturated heterocycles. The van der Waals surface area contributed by atoms with E-state index in [4.69, 9.17) is 14.2 Å². The average Bonchev–Trinajstić information content (AvgIpc) is 3.03. The van der Waals surface area contributed by atoms with Gasteiger partial charge in [0, 0.05) is 22.3 Å². The maximum atomic E-state index is 13.5. The molecule has 0 fully saturated rings. The molecule has 0 aromatic heterocycles. The first-order valence-corrected chi connectivity index (χ1v) is 12.4. The zero-order chi connectivity index (χ0) is 27.4. The summed E-state index contributed by atoms with van der Waals surface area (Å²) in [6.45, 7) is -0.366. The molecule has 1 atom stereocenters. The number of methoxy groups -OCH3 is 3. The van der Waals surface area contributed by atoms with Crippen molar-refractivity contribution in [1.82, 2.24) is 0 Å². The number of nitrogens with zero attached hydrogens (tertiary/aromatic N) is 1. The summed E-state index contributed by atoms with van der Waals surface area (Å²) in [6.07, 6.45) is -4.49. The van der Waals surface area contributed by atoms with Gasteiger partial charge in [0.15, 0.2) is 11.5 Å². The monoisotopic (exact) mass is 546 g/mol. The van der Waals surface area contributed by atoms with Crippen LogP contribution in [0.1, 0.15) is 22.8 Å². The Morgan fingerprint density at radius 2 is 1.68 bits per heavy atom. The van der Waals surface area contributed by atoms with Gasteiger partial charge in [0.2, 0.25) is 17.6 Å². The summed E-state index contributed by atoms with van der Waals surface area (Å²) in [4.78, 5) is 28.4. The lowest BCUT2D eigenvalue weighted by Gasteiger charge is -2.22. The molecular formula is C27H25F3N2O5S. The molecule has 11 heteroatoms. The van der Waals surface area contributed by atoms with Crippen LogP contribution in [0.3, 0.4) is 0 Å². The van der Waals surface area contributed by atoms with Gasteiger partial charge in [0.1, 0.15) is 6.54 Å². The van der Waals surface area contributed by atoms with Crippen molar-refractivity contribution in [2.75, 3.05) is 38.1 Å². The number of fused-ring (bicyclic) bond motifs is 1. The minimum atomic E-state index is -4.54. The number of halogens is 3. The van der Waals surface area contributed by atoms with Gasteiger partial charge in [-0.25, -0.2) is 0 Å². The third-order valence-electron chi connectivity index (χ3n) is 5.92. The summed E-state index contributed by atoms with van der Waals surface area (Å²) < 4.78 is 55.5. The van der Waals surface area contributed by atoms with E-state index in [1.165, 1.54) is 50.1 Å². The highest BCUT2D eigenvalue weighted by Gasteiger charge is 2.33. The fourth-order valence-corrected chi connectivity index (χ4v) is 5.40. The Balaban J connectivity index is 1.61. The molecule has 1 aliphatic heterocycles. The number of hydrogen-bond acceptors (Lipinski definition) is 6. The van der Waals surface area contributed by atoms with Gasteiger partial charge in [-0.15, -0.1) is 11.8 Å². The number of carbonyl (C=O) groups excluding carboxylic acids is 2. The number of ether oxygens (including phenoxy) is 3. The van der Waals surface area contributed by atoms with Gasteiger partial charge in [-0.1, -0.05) is 18.2 Å². The van der Waals surface area contributed by atoms with Crippen molar-refractivity contribution in [3.63, 3.8) is 0 Å². The number of amides is 2. The number of benzene rings is 3. The maximum absolute atomic E-state index is 13.5. The number of carbonyl (C=O) groups is 2. The van der Waals surface area contributed by atoms with Gasteiger partial charge >= 0.3 is 6.18 Å². The Labute approximate surface area is 221 Å². The lowest BCUT2D eigenvalue weighted by molar-refractivity contribution is -0.137. The predicted octanol–water partition coefficient (Wildman–Crippen LogP) is 5.94. The molecule has 3 aromatic carbocycles. The van der Waals surface area contributed by atoms with Crippen molar-refractivity contribution in [3.05, 3.63) is 71.8 Å². The highest BCUT2D eigenvalue weighted by atomic mass is 32.2. The zero-order valence-corrected chi connectivity index (χ0v) is 21.6. The van der Waals surface area contributed by atoms with Crippen LogP contribution in [-0.4, -0.2) is 39.7 Å². The van der Waals surface area contributed by atoms with Gasteiger partial charge < -0.3 is 24.4 Å². The van der Waals surface area contributed by atoms with E-state index >= 15 is 0 Å². The van der Waals surface area contributed by atoms with Crippen LogP contribution in [0, 0.1) is 0 Å². The van der Waals surface area contributed by atoms with Gasteiger partial charge in [-0.05, 0) is 48.0 Å². The second-order valence-electron chi connectivity index (χ2n) is 8.34. The van der Waals surface area contributed by atoms with Crippen LogP contribution in [0.4, 0.5) is 24.5 Å². The molecule has 7 nitrogen and oxygen atoms in total. The second kappa shape index (κ2) is 11.3. The Bertz CT molecular complexity index is 1320. The van der Waals surface area contributed by atoms with Crippen LogP contribution in [0.25, 0.3) is 0 Å². The van der Waals surface area contributed by atoms with Crippen molar-refractivity contribution in [1.29, 1.82) is 0 Å². The zero-order valence-electron chi connectivity index (χ0n) is 20.8. The molecule has 0 radical (unpaired) electrons. The molecule has 0 aliphatic carbocycles. The van der Waals surface area contributed by atoms with E-state index < -0.39 is 17.6 Å². The molecule has 0 spiro atoms. The highest BCUT2D eigenvalue weighted by Crippen LogP contribution is 2.49. The lowest BCUT2D eigenvalue weighted by Crippen LogP contribution is -2.38. The maximum Gasteiger partial charge on any atom is 0.416 e. The molecule has 38 heavy (non-hydrogen) atoms. The van der Waals surface area contributed by atoms with Gasteiger partial charge in [0.05, 0.1) is 32.6 Å². The van der Waals surface area contributed by atoms with Crippen LogP contribution in [0.5, 0.6) is 17.2 Å². The number of thioether (sulfide) groups is 1. The summed E-state index contributed by atoms with van der Waals surface area (Å²) >= 11 is 1.45. The second-order valence-corrected chi connectivity index (χ2v) is 9.59. The fraction of sp³-hybridized carbons (Fsp3) is 0.259. The summed E-state index contributed by atoms with van der Waals surface area (Å²) in [5.41, 5.74) is 0.417. The normalized spacial score (nSPS) is 15.4. The van der Waals surface area contributed by atoms with Gasteiger partial charge in [-0.3, -0.25) is 9.59 Å². The third kappa shape index (κ3) is 5.83. The highest BCUT2D eigenvalue weighted by molar-refractivity contribution is 7.99. The summed E-state index contributed by atoms with van der Waals surface area (Å²) in [5.74, 6) is 0.385. The van der Waals surface area contributed by atoms with Crippen LogP contribution < -0.4 is 24.4 Å². The van der Waals surface area contributed by atoms with E-state index in [0.29, 0.717) is 22.9 Å². The van der Waals surface area contributed by atoms with E-state index in [2.05, 4.69) is 5.32 Å². The minimum Gasteiger partial charge on any atom is -0.493 e. The molecule has 4 rings (SSSR count). The van der Waals surface area contributed by atoms with E-state index in [1.807, 2.05) is 12.1 Å². The first-order valence-electron chi connectivity index (χ1n) is 11.5. The SMILES string of the molecule is COc1cc([C@@H]2CC(=O)N(CC(=O)Nc3cccc(C(F)(F)F)c3)c3ccccc3S2)cc(OC)c1OC. The molecule has 200 valence electrons. The van der Waals surface area contributed by atoms with Crippen molar-refractivity contribution in [3.8, 4) is 17.2 Å². The summed E-state index contributed by atoms with van der Waals surface area (Å²) in [5, 5.41) is 2.13. The van der Waals surface area contributed by atoms with Crippen LogP contribution in [-0.2, 0) is 15.8 Å². The summed E-state index contributed by atoms with van der Waals surface area (Å²) in [6, 6.07) is 15.1. The van der Waals surface area contributed by atoms with E-state index in [1.54, 1.807) is 24.3 Å². The molecule has 1 aliphatic rings. The molecule has 2 amide bonds. The fourth-order valence-electron chi connectivity index (χ4n) is 4.14. The lowest BCUT2D eigenvalue weighted by atomic mass is 10.1. The molecule has 0 unspecified atom stereocenters. The average molecular weight is 547 g/mol. The van der Waals surface area contributed by atoms with Crippen molar-refractivity contribution >= 4 is 35.0 Å². The molecule has 1 heterocycles. The quantitative estimate of drug-likeness (QED) is 0.395. The molecule has 1 N–H and O–H groups in total. The Morgan fingerprint density at radius 3 is 2.32 bits per heavy atom. The van der Waals surface area contributed by atoms with Gasteiger partial charge in [0.25, 0.3) is 0 Å². The number of hydrogen-bond donors (Lipinski definition) is 1. The topological polar surface area (TPSA) is 77.1 Å². The number of anilines is 2. The Kier molecular flexibility index (Phi) is 8.05. The predicted molar refractivity (Wildman–Crippen MR) is 138 cm³/mol. The molecule has 0 saturated carbocycles. The Morgan fingerprint density at radius 1 is 1.00 bits per heavy atom. The first-order chi connectivity index (χ1) is 18.1. The van der Waals surface area contributed by atoms with Gasteiger partial charge in [-0.2, -0.15) is 13.2 Å². The largest absolute Gasteiger partial charge is 0.493 e. The van der Waals surface area contributed by atoms with E-state index in [9.17, 15) is 22.8 Å². The molecule has 3 aromatic rings. The van der Waals surface area contributed by atoms with E-state index in [-0.39, 0.29) is 29.8 Å². The van der Waals surface area contributed by atoms with Crippen molar-refractivity contribution in [2.45, 2.75) is 22.7 Å². The molecular weight excluding hydrogens is 521 g/mol. The van der Waals surface area contributed by atoms with Crippen molar-refractivity contribution in [2.24, 2.45) is 0 Å². The summed E-state index contributed by atoms with van der Waals surface area (Å²) in [7, 11) is 4.52. The third-order valence-corrected chi connectivity index (χ3v) is 7.24. The molecule has 0 bridgehead atoms. The van der Waals surface area contributed by atoms with Crippen LogP contribution in [0.2, 0.25) is 0 Å². The number of alkyl halides is 3. The van der Waals surface area contributed by atoms with E-state index in [0.717, 1.165) is 22.6 Å². The number of para-hydroxylation sites is 1. The van der Waals surface area contributed by atoms with Crippen LogP contribution >= 0.6 is 11.8 Å². The smallest absolute Gasteiger partial charge is 0.416 e. The standard InChI is InChI=1S/C27H25F3N2O5S/c1-35-20-11-16(12-21(36-2)26(20)37-3)23-14-25(34)32(19-9-4-5-10-22(19)38-23)15-24(33)31-18-8-6-7-17(13-18)27(28,29)30/h4-13,23H,14-15H2,1-3H3,(H,31,33)/t23-/m0/s1. The first kappa shape index (κ1) is 27.2. The van der Waals surface area contributed by atoms with Crippen LogP contribution in [0.15, 0.2) is 65.6 Å².